The van der Waals surface area contributed by atoms with E-state index in [1.807, 2.05) is 0 Å². The molecule has 1 rings (SSSR count). The molecule has 2 nitrogen and oxygen atoms in total. The van der Waals surface area contributed by atoms with Gasteiger partial charge in [-0.3, -0.25) is 4.90 Å². The molecule has 0 aromatic heterocycles. The summed E-state index contributed by atoms with van der Waals surface area (Å²) in [6.07, 6.45) is 0. The van der Waals surface area contributed by atoms with Gasteiger partial charge in [0.1, 0.15) is 0 Å². The Morgan fingerprint density at radius 1 is 1.29 bits per heavy atom. The smallest absolute Gasteiger partial charge is 0.0244 e. The lowest BCUT2D eigenvalue weighted by molar-refractivity contribution is 0.200. The van der Waals surface area contributed by atoms with Gasteiger partial charge in [0.15, 0.2) is 0 Å². The molecule has 1 atom stereocenters. The van der Waals surface area contributed by atoms with Crippen LogP contribution in [0, 0.1) is 5.92 Å². The summed E-state index contributed by atoms with van der Waals surface area (Å²) in [4.78, 5) is 2.38. The lowest BCUT2D eigenvalue weighted by atomic mass is 10.0. The molecule has 0 aliphatic heterocycles. The van der Waals surface area contributed by atoms with Crippen molar-refractivity contribution in [3.05, 3.63) is 33.8 Å². The van der Waals surface area contributed by atoms with Gasteiger partial charge in [-0.25, -0.2) is 0 Å². The number of rotatable bonds is 5. The zero-order chi connectivity index (χ0) is 13.0. The van der Waals surface area contributed by atoms with E-state index in [1.54, 1.807) is 0 Å². The highest BCUT2D eigenvalue weighted by molar-refractivity contribution is 9.10. The van der Waals surface area contributed by atoms with Crippen LogP contribution in [0.5, 0.6) is 0 Å². The summed E-state index contributed by atoms with van der Waals surface area (Å²) in [5.74, 6) is 0.669. The maximum Gasteiger partial charge on any atom is 0.0244 e. The molecule has 0 heterocycles. The summed E-state index contributed by atoms with van der Waals surface area (Å²) in [6.45, 7) is 8.34. The van der Waals surface area contributed by atoms with Gasteiger partial charge in [-0.15, -0.1) is 0 Å². The molecule has 0 bridgehead atoms. The van der Waals surface area contributed by atoms with Crippen LogP contribution in [0.4, 0.5) is 0 Å². The average Bonchev–Trinajstić information content (AvgIpc) is 2.30. The molecule has 17 heavy (non-hydrogen) atoms. The third-order valence-electron chi connectivity index (χ3n) is 3.43. The van der Waals surface area contributed by atoms with Crippen LogP contribution in [-0.2, 0) is 13.1 Å². The molecule has 3 heteroatoms. The van der Waals surface area contributed by atoms with E-state index in [1.165, 1.54) is 11.1 Å². The van der Waals surface area contributed by atoms with Crippen molar-refractivity contribution in [3.63, 3.8) is 0 Å². The van der Waals surface area contributed by atoms with Crippen molar-refractivity contribution in [2.24, 2.45) is 11.7 Å². The van der Waals surface area contributed by atoms with Gasteiger partial charge in [0, 0.05) is 23.6 Å². The Bertz CT molecular complexity index is 363. The van der Waals surface area contributed by atoms with E-state index in [4.69, 9.17) is 5.73 Å². The standard InChI is InChI=1S/C14H23BrN2/c1-10(2)11(3)17(4)9-13-6-5-12(8-16)7-14(13)15/h5-7,10-11H,8-9,16H2,1-4H3. The highest BCUT2D eigenvalue weighted by Crippen LogP contribution is 2.21. The molecule has 1 aromatic carbocycles. The summed E-state index contributed by atoms with van der Waals surface area (Å²) >= 11 is 3.62. The lowest BCUT2D eigenvalue weighted by Crippen LogP contribution is -2.32. The van der Waals surface area contributed by atoms with E-state index in [0.717, 1.165) is 11.0 Å². The van der Waals surface area contributed by atoms with Gasteiger partial charge in [-0.1, -0.05) is 41.9 Å². The van der Waals surface area contributed by atoms with Crippen LogP contribution in [0.15, 0.2) is 22.7 Å². The molecule has 96 valence electrons. The second-order valence-electron chi connectivity index (χ2n) is 5.03. The Kier molecular flexibility index (Phi) is 5.63. The Balaban J connectivity index is 2.75. The van der Waals surface area contributed by atoms with Crippen LogP contribution in [0.2, 0.25) is 0 Å². The van der Waals surface area contributed by atoms with Gasteiger partial charge < -0.3 is 5.73 Å². The van der Waals surface area contributed by atoms with Gasteiger partial charge >= 0.3 is 0 Å². The molecule has 0 aliphatic rings. The van der Waals surface area contributed by atoms with E-state index in [2.05, 4.69) is 66.8 Å². The third kappa shape index (κ3) is 4.09. The van der Waals surface area contributed by atoms with E-state index < -0.39 is 0 Å². The Labute approximate surface area is 113 Å². The number of hydrogen-bond acceptors (Lipinski definition) is 2. The van der Waals surface area contributed by atoms with Crippen molar-refractivity contribution in [2.75, 3.05) is 7.05 Å². The average molecular weight is 299 g/mol. The van der Waals surface area contributed by atoms with Crippen LogP contribution in [0.1, 0.15) is 31.9 Å². The topological polar surface area (TPSA) is 29.3 Å². The summed E-state index contributed by atoms with van der Waals surface area (Å²) in [5.41, 5.74) is 8.11. The summed E-state index contributed by atoms with van der Waals surface area (Å²) < 4.78 is 1.16. The van der Waals surface area contributed by atoms with Crippen LogP contribution in [-0.4, -0.2) is 18.0 Å². The van der Waals surface area contributed by atoms with Crippen molar-refractivity contribution in [3.8, 4) is 0 Å². The Hall–Kier alpha value is -0.380. The number of nitrogens with two attached hydrogens (primary N) is 1. The number of hydrogen-bond donors (Lipinski definition) is 1. The van der Waals surface area contributed by atoms with E-state index in [0.29, 0.717) is 18.5 Å². The first-order valence-electron chi connectivity index (χ1n) is 6.13. The van der Waals surface area contributed by atoms with E-state index in [-0.39, 0.29) is 0 Å². The first-order chi connectivity index (χ1) is 7.95. The Morgan fingerprint density at radius 2 is 1.94 bits per heavy atom. The first-order valence-corrected chi connectivity index (χ1v) is 6.92. The molecule has 0 amide bonds. The maximum atomic E-state index is 5.63. The van der Waals surface area contributed by atoms with E-state index in [9.17, 15) is 0 Å². The summed E-state index contributed by atoms with van der Waals surface area (Å²) in [5, 5.41) is 0. The fourth-order valence-corrected chi connectivity index (χ4v) is 2.32. The molecule has 0 saturated carbocycles. The fraction of sp³-hybridized carbons (Fsp3) is 0.571. The number of nitrogens with zero attached hydrogens (tertiary/aromatic N) is 1. The molecular formula is C14H23BrN2. The SMILES string of the molecule is CC(C)C(C)N(C)Cc1ccc(CN)cc1Br. The predicted octanol–water partition coefficient (Wildman–Crippen LogP) is 3.38. The number of halogens is 1. The predicted molar refractivity (Wildman–Crippen MR) is 77.8 cm³/mol. The second kappa shape index (κ2) is 6.53. The zero-order valence-corrected chi connectivity index (χ0v) is 12.8. The fourth-order valence-electron chi connectivity index (χ4n) is 1.77. The van der Waals surface area contributed by atoms with Crippen molar-refractivity contribution < 1.29 is 0 Å². The van der Waals surface area contributed by atoms with Crippen molar-refractivity contribution in [1.29, 1.82) is 0 Å². The van der Waals surface area contributed by atoms with Crippen molar-refractivity contribution >= 4 is 15.9 Å². The summed E-state index contributed by atoms with van der Waals surface area (Å²) in [7, 11) is 2.17. The molecule has 0 fully saturated rings. The highest BCUT2D eigenvalue weighted by atomic mass is 79.9. The molecule has 0 radical (unpaired) electrons. The first kappa shape index (κ1) is 14.7. The molecule has 1 aromatic rings. The van der Waals surface area contributed by atoms with Crippen molar-refractivity contribution in [1.82, 2.24) is 4.90 Å². The minimum absolute atomic E-state index is 0.580. The molecule has 0 spiro atoms. The monoisotopic (exact) mass is 298 g/mol. The van der Waals surface area contributed by atoms with Crippen molar-refractivity contribution in [2.45, 2.75) is 39.9 Å². The minimum Gasteiger partial charge on any atom is -0.326 e. The molecule has 0 saturated heterocycles. The Morgan fingerprint density at radius 3 is 2.41 bits per heavy atom. The number of benzene rings is 1. The normalized spacial score (nSPS) is 13.4. The largest absolute Gasteiger partial charge is 0.326 e. The highest BCUT2D eigenvalue weighted by Gasteiger charge is 2.14. The zero-order valence-electron chi connectivity index (χ0n) is 11.2. The molecular weight excluding hydrogens is 276 g/mol. The molecule has 0 aliphatic carbocycles. The third-order valence-corrected chi connectivity index (χ3v) is 4.17. The van der Waals surface area contributed by atoms with Gasteiger partial charge in [0.05, 0.1) is 0 Å². The van der Waals surface area contributed by atoms with Gasteiger partial charge in [0.25, 0.3) is 0 Å². The van der Waals surface area contributed by atoms with Gasteiger partial charge in [-0.2, -0.15) is 0 Å². The molecule has 1 unspecified atom stereocenters. The second-order valence-corrected chi connectivity index (χ2v) is 5.88. The maximum absolute atomic E-state index is 5.63. The van der Waals surface area contributed by atoms with E-state index >= 15 is 0 Å². The summed E-state index contributed by atoms with van der Waals surface area (Å²) in [6, 6.07) is 6.96. The van der Waals surface area contributed by atoms with Crippen LogP contribution < -0.4 is 5.73 Å². The minimum atomic E-state index is 0.580. The van der Waals surface area contributed by atoms with Crippen LogP contribution in [0.3, 0.4) is 0 Å². The van der Waals surface area contributed by atoms with Gasteiger partial charge in [-0.05, 0) is 37.1 Å². The lowest BCUT2D eigenvalue weighted by Gasteiger charge is -2.28. The van der Waals surface area contributed by atoms with Crippen LogP contribution in [0.25, 0.3) is 0 Å². The van der Waals surface area contributed by atoms with Gasteiger partial charge in [0.2, 0.25) is 0 Å². The molecule has 2 N–H and O–H groups in total. The quantitative estimate of drug-likeness (QED) is 0.903. The van der Waals surface area contributed by atoms with Crippen LogP contribution >= 0.6 is 15.9 Å².